The largest absolute Gasteiger partial charge is 0.178 e. The number of thiol groups is 1. The molecule has 1 aromatic rings. The predicted octanol–water partition coefficient (Wildman–Crippen LogP) is 4.45. The highest BCUT2D eigenvalue weighted by Crippen LogP contribution is 2.43. The summed E-state index contributed by atoms with van der Waals surface area (Å²) in [6.07, 6.45) is 9.18. The summed E-state index contributed by atoms with van der Waals surface area (Å²) in [7, 11) is 0. The Labute approximate surface area is 119 Å². The molecule has 1 atom stereocenters. The van der Waals surface area contributed by atoms with E-state index in [2.05, 4.69) is 75.4 Å². The van der Waals surface area contributed by atoms with Gasteiger partial charge in [0.1, 0.15) is 0 Å². The van der Waals surface area contributed by atoms with Crippen molar-refractivity contribution in [2.24, 2.45) is 0 Å². The SMILES string of the molecule is CC1=C2/C=C\C(C)=C/C(=C1)C(C)(c1ccccc1)[SH+]2. The Kier molecular flexibility index (Phi) is 3.02. The zero-order chi connectivity index (χ0) is 13.5. The summed E-state index contributed by atoms with van der Waals surface area (Å²) in [5, 5.41) is 0. The van der Waals surface area contributed by atoms with E-state index in [-0.39, 0.29) is 4.75 Å². The van der Waals surface area contributed by atoms with E-state index in [1.54, 1.807) is 0 Å². The van der Waals surface area contributed by atoms with Gasteiger partial charge in [0, 0.05) is 28.5 Å². The lowest BCUT2D eigenvalue weighted by Crippen LogP contribution is -2.30. The quantitative estimate of drug-likeness (QED) is 0.521. The van der Waals surface area contributed by atoms with E-state index < -0.39 is 0 Å². The molecule has 19 heavy (non-hydrogen) atoms. The second-order valence-corrected chi connectivity index (χ2v) is 7.04. The highest BCUT2D eigenvalue weighted by Gasteiger charge is 2.42. The van der Waals surface area contributed by atoms with Crippen molar-refractivity contribution in [3.63, 3.8) is 0 Å². The first-order valence-corrected chi connectivity index (χ1v) is 7.57. The van der Waals surface area contributed by atoms with Crippen molar-refractivity contribution in [1.82, 2.24) is 0 Å². The topological polar surface area (TPSA) is 0 Å². The fourth-order valence-corrected chi connectivity index (χ4v) is 4.10. The van der Waals surface area contributed by atoms with Crippen LogP contribution in [0.5, 0.6) is 0 Å². The van der Waals surface area contributed by atoms with Crippen LogP contribution in [0, 0.1) is 0 Å². The third kappa shape index (κ3) is 2.12. The van der Waals surface area contributed by atoms with Crippen molar-refractivity contribution in [2.75, 3.05) is 0 Å². The molecule has 0 radical (unpaired) electrons. The minimum Gasteiger partial charge on any atom is -0.0622 e. The lowest BCUT2D eigenvalue weighted by atomic mass is 9.88. The highest BCUT2D eigenvalue weighted by molar-refractivity contribution is 7.84. The van der Waals surface area contributed by atoms with E-state index in [9.17, 15) is 0 Å². The second kappa shape index (κ2) is 4.57. The summed E-state index contributed by atoms with van der Waals surface area (Å²) in [5.41, 5.74) is 5.54. The first kappa shape index (κ1) is 12.6. The Morgan fingerprint density at radius 3 is 2.42 bits per heavy atom. The van der Waals surface area contributed by atoms with Gasteiger partial charge < -0.3 is 0 Å². The van der Waals surface area contributed by atoms with Gasteiger partial charge >= 0.3 is 0 Å². The summed E-state index contributed by atoms with van der Waals surface area (Å²) >= 11 is 1.38. The van der Waals surface area contributed by atoms with Crippen LogP contribution in [-0.4, -0.2) is 0 Å². The molecule has 3 aliphatic rings. The summed E-state index contributed by atoms with van der Waals surface area (Å²) in [6, 6.07) is 10.8. The maximum atomic E-state index is 2.35. The lowest BCUT2D eigenvalue weighted by Gasteiger charge is -2.29. The van der Waals surface area contributed by atoms with E-state index in [4.69, 9.17) is 0 Å². The monoisotopic (exact) mass is 267 g/mol. The molecule has 0 nitrogen and oxygen atoms in total. The van der Waals surface area contributed by atoms with Crippen molar-refractivity contribution in [3.05, 3.63) is 81.8 Å². The van der Waals surface area contributed by atoms with E-state index in [1.165, 1.54) is 38.9 Å². The average Bonchev–Trinajstić information content (AvgIpc) is 2.40. The molecule has 0 spiro atoms. The Bertz CT molecular complexity index is 629. The molecule has 0 amide bonds. The van der Waals surface area contributed by atoms with Crippen LogP contribution in [0.3, 0.4) is 0 Å². The second-order valence-electron chi connectivity index (χ2n) is 5.44. The van der Waals surface area contributed by atoms with Crippen LogP contribution in [-0.2, 0) is 16.5 Å². The summed E-state index contributed by atoms with van der Waals surface area (Å²) < 4.78 is 0.0716. The Balaban J connectivity index is 2.17. The van der Waals surface area contributed by atoms with Gasteiger partial charge in [0.2, 0.25) is 0 Å². The molecule has 0 saturated carbocycles. The molecule has 0 fully saturated rings. The molecule has 1 heteroatoms. The lowest BCUT2D eigenvalue weighted by molar-refractivity contribution is 0.829. The van der Waals surface area contributed by atoms with Gasteiger partial charge in [0.25, 0.3) is 0 Å². The third-order valence-electron chi connectivity index (χ3n) is 3.91. The van der Waals surface area contributed by atoms with E-state index in [0.29, 0.717) is 0 Å². The van der Waals surface area contributed by atoms with Crippen molar-refractivity contribution in [2.45, 2.75) is 25.5 Å². The van der Waals surface area contributed by atoms with Crippen molar-refractivity contribution in [3.8, 4) is 0 Å². The van der Waals surface area contributed by atoms with E-state index >= 15 is 0 Å². The molecule has 4 rings (SSSR count). The van der Waals surface area contributed by atoms with E-state index in [0.717, 1.165) is 0 Å². The molecular weight excluding hydrogens is 248 g/mol. The van der Waals surface area contributed by atoms with Crippen LogP contribution in [0.2, 0.25) is 0 Å². The number of rotatable bonds is 1. The maximum Gasteiger partial charge on any atom is 0.178 e. The molecule has 1 unspecified atom stereocenters. The number of hydrogen-bond donors (Lipinski definition) is 0. The summed E-state index contributed by atoms with van der Waals surface area (Å²) in [4.78, 5) is 1.43. The molecule has 2 bridgehead atoms. The normalized spacial score (nSPS) is 30.3. The molecule has 2 aliphatic heterocycles. The molecule has 1 aromatic carbocycles. The molecular formula is C18H19S+. The van der Waals surface area contributed by atoms with Crippen LogP contribution in [0.25, 0.3) is 0 Å². The van der Waals surface area contributed by atoms with Crippen LogP contribution in [0.4, 0.5) is 0 Å². The van der Waals surface area contributed by atoms with Gasteiger partial charge in [0.05, 0.1) is 0 Å². The Morgan fingerprint density at radius 2 is 1.68 bits per heavy atom. The van der Waals surface area contributed by atoms with Crippen LogP contribution >= 0.6 is 0 Å². The summed E-state index contributed by atoms with van der Waals surface area (Å²) in [5.74, 6) is 0. The Hall–Kier alpha value is -1.47. The highest BCUT2D eigenvalue weighted by atomic mass is 32.2. The molecule has 1 aliphatic carbocycles. The Morgan fingerprint density at radius 1 is 0.947 bits per heavy atom. The third-order valence-corrected chi connectivity index (χ3v) is 5.61. The van der Waals surface area contributed by atoms with Gasteiger partial charge in [-0.25, -0.2) is 0 Å². The van der Waals surface area contributed by atoms with Gasteiger partial charge in [0.15, 0.2) is 9.65 Å². The van der Waals surface area contributed by atoms with Gasteiger partial charge in [-0.15, -0.1) is 0 Å². The van der Waals surface area contributed by atoms with Gasteiger partial charge in [-0.2, -0.15) is 0 Å². The van der Waals surface area contributed by atoms with Crippen molar-refractivity contribution in [1.29, 1.82) is 0 Å². The summed E-state index contributed by atoms with van der Waals surface area (Å²) in [6.45, 7) is 6.74. The number of hydrogen-bond acceptors (Lipinski definition) is 0. The minimum absolute atomic E-state index is 0.0716. The average molecular weight is 267 g/mol. The fourth-order valence-electron chi connectivity index (χ4n) is 2.69. The smallest absolute Gasteiger partial charge is 0.0622 e. The minimum atomic E-state index is 0.0716. The fraction of sp³-hybridized carbons (Fsp3) is 0.222. The van der Waals surface area contributed by atoms with Gasteiger partial charge in [-0.1, -0.05) is 48.1 Å². The van der Waals surface area contributed by atoms with E-state index in [1.807, 2.05) is 0 Å². The number of allylic oxidation sites excluding steroid dienone is 6. The molecule has 2 heterocycles. The van der Waals surface area contributed by atoms with Crippen molar-refractivity contribution < 1.29 is 0 Å². The predicted molar refractivity (Wildman–Crippen MR) is 86.2 cm³/mol. The standard InChI is InChI=1S/C18H18S/c1-13-9-10-17-14(2)12-16(11-13)18(3,19-17)15-7-5-4-6-8-15/h4-12H,1-3H3/p+1/b10-9-,13-9?,13-11-,16-11?,17-10?. The van der Waals surface area contributed by atoms with Gasteiger partial charge in [-0.05, 0) is 32.9 Å². The first-order valence-electron chi connectivity index (χ1n) is 6.67. The van der Waals surface area contributed by atoms with Crippen LogP contribution < -0.4 is 0 Å². The molecule has 0 aromatic heterocycles. The van der Waals surface area contributed by atoms with Crippen molar-refractivity contribution >= 4 is 11.8 Å². The molecule has 96 valence electrons. The van der Waals surface area contributed by atoms with Crippen LogP contribution in [0.15, 0.2) is 76.3 Å². The number of fused-ring (bicyclic) bond motifs is 3. The molecule has 0 saturated heterocycles. The van der Waals surface area contributed by atoms with Gasteiger partial charge in [-0.3, -0.25) is 0 Å². The zero-order valence-electron chi connectivity index (χ0n) is 11.6. The molecule has 0 N–H and O–H groups in total. The zero-order valence-corrected chi connectivity index (χ0v) is 12.5. The maximum absolute atomic E-state index is 2.35. The first-order chi connectivity index (χ1) is 9.09. The number of benzene rings is 1. The van der Waals surface area contributed by atoms with Crippen LogP contribution in [0.1, 0.15) is 26.3 Å².